The van der Waals surface area contributed by atoms with Gasteiger partial charge in [0.25, 0.3) is 0 Å². The van der Waals surface area contributed by atoms with Gasteiger partial charge in [-0.3, -0.25) is 9.80 Å². The van der Waals surface area contributed by atoms with Crippen molar-refractivity contribution in [1.82, 2.24) is 19.3 Å². The lowest BCUT2D eigenvalue weighted by Crippen LogP contribution is -2.52. The minimum Gasteiger partial charge on any atom is -0.353 e. The maximum absolute atomic E-state index is 12.6. The summed E-state index contributed by atoms with van der Waals surface area (Å²) in [5, 5.41) is 3.85. The molecule has 2 saturated heterocycles. The number of rotatable bonds is 5. The van der Waals surface area contributed by atoms with Gasteiger partial charge in [0.1, 0.15) is 0 Å². The monoisotopic (exact) mass is 463 g/mol. The predicted octanol–water partition coefficient (Wildman–Crippen LogP) is 4.39. The topological polar surface area (TPSA) is 43.8 Å². The Morgan fingerprint density at radius 1 is 1.06 bits per heavy atom. The first-order valence-electron chi connectivity index (χ1n) is 11.0. The Labute approximate surface area is 194 Å². The molecule has 2 aliphatic heterocycles. The highest BCUT2D eigenvalue weighted by Crippen LogP contribution is 2.25. The minimum atomic E-state index is -0.0792. The number of aromatic nitrogens is 1. The average Bonchev–Trinajstić information content (AvgIpc) is 3.16. The van der Waals surface area contributed by atoms with E-state index >= 15 is 0 Å². The zero-order valence-corrected chi connectivity index (χ0v) is 19.6. The molecule has 0 radical (unpaired) electrons. The average molecular weight is 464 g/mol. The van der Waals surface area contributed by atoms with Gasteiger partial charge in [-0.25, -0.2) is 4.79 Å². The van der Waals surface area contributed by atoms with E-state index in [2.05, 4.69) is 45.1 Å². The van der Waals surface area contributed by atoms with Crippen LogP contribution in [-0.4, -0.2) is 71.1 Å². The summed E-state index contributed by atoms with van der Waals surface area (Å²) in [6.07, 6.45) is 4.68. The van der Waals surface area contributed by atoms with Crippen LogP contribution < -0.4 is 5.32 Å². The molecule has 31 heavy (non-hydrogen) atoms. The highest BCUT2D eigenvalue weighted by molar-refractivity contribution is 6.42. The second-order valence-corrected chi connectivity index (χ2v) is 9.51. The van der Waals surface area contributed by atoms with Gasteiger partial charge in [-0.2, -0.15) is 0 Å². The number of aryl methyl sites for hydroxylation is 1. The molecule has 1 atom stereocenters. The van der Waals surface area contributed by atoms with Crippen molar-refractivity contribution in [1.29, 1.82) is 0 Å². The van der Waals surface area contributed by atoms with Crippen molar-refractivity contribution in [2.75, 3.05) is 51.1 Å². The molecule has 1 aromatic heterocycles. The first-order valence-corrected chi connectivity index (χ1v) is 11.8. The summed E-state index contributed by atoms with van der Waals surface area (Å²) in [6.45, 7) is 7.81. The number of carbonyl (C=O) groups is 1. The van der Waals surface area contributed by atoms with Crippen LogP contribution in [0, 0.1) is 5.92 Å². The van der Waals surface area contributed by atoms with E-state index in [9.17, 15) is 4.79 Å². The van der Waals surface area contributed by atoms with Gasteiger partial charge >= 0.3 is 6.03 Å². The summed E-state index contributed by atoms with van der Waals surface area (Å²) in [5.74, 6) is 0.700. The molecular formula is C23H31Cl2N5O. The largest absolute Gasteiger partial charge is 0.353 e. The first-order chi connectivity index (χ1) is 15.0. The number of amides is 2. The van der Waals surface area contributed by atoms with Crippen molar-refractivity contribution < 1.29 is 4.79 Å². The molecule has 6 nitrogen and oxygen atoms in total. The van der Waals surface area contributed by atoms with Crippen LogP contribution in [0.25, 0.3) is 0 Å². The maximum atomic E-state index is 12.6. The van der Waals surface area contributed by atoms with Gasteiger partial charge in [0.2, 0.25) is 0 Å². The highest BCUT2D eigenvalue weighted by atomic mass is 35.5. The van der Waals surface area contributed by atoms with E-state index in [1.165, 1.54) is 25.1 Å². The fourth-order valence-corrected chi connectivity index (χ4v) is 4.91. The van der Waals surface area contributed by atoms with Crippen LogP contribution in [0.15, 0.2) is 36.5 Å². The van der Waals surface area contributed by atoms with Gasteiger partial charge in [0, 0.05) is 70.4 Å². The zero-order chi connectivity index (χ0) is 21.8. The number of urea groups is 1. The smallest absolute Gasteiger partial charge is 0.321 e. The number of carbonyl (C=O) groups excluding carboxylic acids is 1. The Hall–Kier alpha value is -1.73. The van der Waals surface area contributed by atoms with Crippen LogP contribution in [0.1, 0.15) is 18.5 Å². The van der Waals surface area contributed by atoms with Crippen molar-refractivity contribution in [3.05, 3.63) is 52.3 Å². The van der Waals surface area contributed by atoms with E-state index in [0.29, 0.717) is 21.7 Å². The van der Waals surface area contributed by atoms with Gasteiger partial charge in [-0.1, -0.05) is 23.2 Å². The standard InChI is InChI=1S/C23H31Cl2N5O/c1-27-8-3-5-20(27)17-29-9-2-4-18(16-29)15-28-10-12-30(13-11-28)23(31)26-19-6-7-21(24)22(25)14-19/h3,5-8,14,18H,2,4,9-13,15-17H2,1H3,(H,26,31)/t18-/m0/s1. The molecule has 168 valence electrons. The molecule has 4 rings (SSSR count). The molecule has 0 spiro atoms. The predicted molar refractivity (Wildman–Crippen MR) is 127 cm³/mol. The van der Waals surface area contributed by atoms with Gasteiger partial charge in [0.05, 0.1) is 10.0 Å². The minimum absolute atomic E-state index is 0.0792. The van der Waals surface area contributed by atoms with E-state index in [1.54, 1.807) is 18.2 Å². The Bertz CT molecular complexity index is 894. The Morgan fingerprint density at radius 3 is 2.58 bits per heavy atom. The van der Waals surface area contributed by atoms with Crippen LogP contribution in [0.3, 0.4) is 0 Å². The number of hydrogen-bond acceptors (Lipinski definition) is 3. The number of nitrogens with one attached hydrogen (secondary N) is 1. The Kier molecular flexibility index (Phi) is 7.43. The third kappa shape index (κ3) is 5.95. The number of benzene rings is 1. The second-order valence-electron chi connectivity index (χ2n) is 8.70. The van der Waals surface area contributed by atoms with Crippen molar-refractivity contribution in [2.45, 2.75) is 19.4 Å². The van der Waals surface area contributed by atoms with E-state index in [4.69, 9.17) is 23.2 Å². The molecule has 1 aromatic carbocycles. The number of nitrogens with zero attached hydrogens (tertiary/aromatic N) is 4. The number of piperidine rings is 1. The maximum Gasteiger partial charge on any atom is 0.321 e. The molecule has 0 bridgehead atoms. The molecule has 2 aromatic rings. The molecule has 0 saturated carbocycles. The lowest BCUT2D eigenvalue weighted by molar-refractivity contribution is 0.0976. The van der Waals surface area contributed by atoms with Gasteiger partial charge in [-0.05, 0) is 55.6 Å². The van der Waals surface area contributed by atoms with Crippen molar-refractivity contribution in [3.8, 4) is 0 Å². The van der Waals surface area contributed by atoms with Crippen molar-refractivity contribution in [3.63, 3.8) is 0 Å². The van der Waals surface area contributed by atoms with E-state index in [-0.39, 0.29) is 6.03 Å². The molecule has 2 amide bonds. The Balaban J connectivity index is 1.22. The summed E-state index contributed by atoms with van der Waals surface area (Å²) >= 11 is 12.0. The van der Waals surface area contributed by atoms with E-state index in [0.717, 1.165) is 45.8 Å². The second kappa shape index (κ2) is 10.3. The summed E-state index contributed by atoms with van der Waals surface area (Å²) < 4.78 is 2.21. The zero-order valence-electron chi connectivity index (χ0n) is 18.1. The third-order valence-corrected chi connectivity index (χ3v) is 7.13. The molecular weight excluding hydrogens is 433 g/mol. The van der Waals surface area contributed by atoms with Crippen LogP contribution in [0.4, 0.5) is 10.5 Å². The number of piperazine rings is 1. The summed E-state index contributed by atoms with van der Waals surface area (Å²) in [4.78, 5) is 19.6. The lowest BCUT2D eigenvalue weighted by atomic mass is 9.97. The van der Waals surface area contributed by atoms with Gasteiger partial charge in [0.15, 0.2) is 0 Å². The summed E-state index contributed by atoms with van der Waals surface area (Å²) in [7, 11) is 2.12. The normalized spacial score (nSPS) is 20.7. The molecule has 8 heteroatoms. The molecule has 2 aliphatic rings. The number of hydrogen-bond donors (Lipinski definition) is 1. The highest BCUT2D eigenvalue weighted by Gasteiger charge is 2.26. The number of likely N-dealkylation sites (tertiary alicyclic amines) is 1. The molecule has 1 N–H and O–H groups in total. The summed E-state index contributed by atoms with van der Waals surface area (Å²) in [6, 6.07) is 9.40. The van der Waals surface area contributed by atoms with E-state index in [1.807, 2.05) is 4.90 Å². The summed E-state index contributed by atoms with van der Waals surface area (Å²) in [5.41, 5.74) is 2.05. The number of anilines is 1. The fraction of sp³-hybridized carbons (Fsp3) is 0.522. The molecule has 3 heterocycles. The van der Waals surface area contributed by atoms with Crippen LogP contribution >= 0.6 is 23.2 Å². The first kappa shape index (κ1) is 22.5. The molecule has 0 aliphatic carbocycles. The van der Waals surface area contributed by atoms with Crippen LogP contribution in [0.2, 0.25) is 10.0 Å². The SMILES string of the molecule is Cn1cccc1CN1CCC[C@@H](CN2CCN(C(=O)Nc3ccc(Cl)c(Cl)c3)CC2)C1. The fourth-order valence-electron chi connectivity index (χ4n) is 4.61. The van der Waals surface area contributed by atoms with Gasteiger partial charge < -0.3 is 14.8 Å². The van der Waals surface area contributed by atoms with Crippen molar-refractivity contribution in [2.24, 2.45) is 13.0 Å². The van der Waals surface area contributed by atoms with Gasteiger partial charge in [-0.15, -0.1) is 0 Å². The quantitative estimate of drug-likeness (QED) is 0.714. The number of halogens is 2. The van der Waals surface area contributed by atoms with Crippen LogP contribution in [0.5, 0.6) is 0 Å². The lowest BCUT2D eigenvalue weighted by Gasteiger charge is -2.39. The third-order valence-electron chi connectivity index (χ3n) is 6.39. The molecule has 2 fully saturated rings. The van der Waals surface area contributed by atoms with E-state index < -0.39 is 0 Å². The Morgan fingerprint density at radius 2 is 1.87 bits per heavy atom. The van der Waals surface area contributed by atoms with Crippen molar-refractivity contribution >= 4 is 34.9 Å². The molecule has 0 unspecified atom stereocenters. The van der Waals surface area contributed by atoms with Crippen LogP contribution in [-0.2, 0) is 13.6 Å².